The van der Waals surface area contributed by atoms with Crippen LogP contribution in [-0.4, -0.2) is 25.2 Å². The smallest absolute Gasteiger partial charge is 0.263 e. The van der Waals surface area contributed by atoms with Gasteiger partial charge in [-0.3, -0.25) is 4.79 Å². The number of phenols is 1. The summed E-state index contributed by atoms with van der Waals surface area (Å²) in [5.41, 5.74) is 1.40. The molecule has 3 aromatic rings. The van der Waals surface area contributed by atoms with Crippen LogP contribution in [0.15, 0.2) is 66.4 Å². The number of aromatic hydroxyl groups is 1. The average molecular weight is 417 g/mol. The number of hydrogen-bond acceptors (Lipinski definition) is 6. The number of amides is 1. The molecule has 0 spiro atoms. The average Bonchev–Trinajstić information content (AvgIpc) is 2.79. The Morgan fingerprint density at radius 3 is 2.48 bits per heavy atom. The summed E-state index contributed by atoms with van der Waals surface area (Å²) in [5.74, 6) is 0.790. The largest absolute Gasteiger partial charge is 0.507 e. The molecule has 0 saturated carbocycles. The van der Waals surface area contributed by atoms with Crippen LogP contribution in [0.2, 0.25) is 0 Å². The maximum atomic E-state index is 12.6. The number of nitrogens with zero attached hydrogens (tertiary/aromatic N) is 1. The number of methoxy groups -OCH3 is 2. The van der Waals surface area contributed by atoms with Crippen LogP contribution < -0.4 is 20.1 Å². The SMILES string of the molecule is COc1ccc(C(C)NC(=O)/C(C#N)=C\Nc2cccc3c(O)cccc23)cc1OC. The first-order valence-corrected chi connectivity index (χ1v) is 9.58. The summed E-state index contributed by atoms with van der Waals surface area (Å²) >= 11 is 0. The molecule has 3 aromatic carbocycles. The standard InChI is InChI=1S/C24H23N3O4/c1-15(16-10-11-22(30-2)23(12-16)31-3)27-24(29)17(13-25)14-26-20-8-4-7-19-18(20)6-5-9-21(19)28/h4-12,14-15,26,28H,1-3H3,(H,27,29)/b17-14-. The van der Waals surface area contributed by atoms with Crippen molar-refractivity contribution in [2.45, 2.75) is 13.0 Å². The molecule has 0 aliphatic heterocycles. The molecule has 7 heteroatoms. The molecule has 0 aromatic heterocycles. The van der Waals surface area contributed by atoms with Crippen LogP contribution in [-0.2, 0) is 4.79 Å². The zero-order valence-electron chi connectivity index (χ0n) is 17.5. The zero-order chi connectivity index (χ0) is 22.4. The van der Waals surface area contributed by atoms with Crippen LogP contribution in [0.25, 0.3) is 10.8 Å². The predicted molar refractivity (Wildman–Crippen MR) is 119 cm³/mol. The summed E-state index contributed by atoms with van der Waals surface area (Å²) in [4.78, 5) is 12.6. The molecule has 1 amide bonds. The molecule has 0 aliphatic rings. The number of rotatable bonds is 7. The van der Waals surface area contributed by atoms with Gasteiger partial charge in [0.1, 0.15) is 17.4 Å². The molecular weight excluding hydrogens is 394 g/mol. The first kappa shape index (κ1) is 21.5. The monoisotopic (exact) mass is 417 g/mol. The van der Waals surface area contributed by atoms with Gasteiger partial charge in [-0.25, -0.2) is 0 Å². The lowest BCUT2D eigenvalue weighted by Crippen LogP contribution is -2.28. The molecule has 0 aliphatic carbocycles. The van der Waals surface area contributed by atoms with E-state index in [0.29, 0.717) is 22.6 Å². The Bertz CT molecular complexity index is 1180. The Morgan fingerprint density at radius 2 is 1.77 bits per heavy atom. The summed E-state index contributed by atoms with van der Waals surface area (Å²) in [6, 6.07) is 17.5. The molecule has 3 rings (SSSR count). The van der Waals surface area contributed by atoms with Crippen molar-refractivity contribution in [1.82, 2.24) is 5.32 Å². The van der Waals surface area contributed by atoms with Gasteiger partial charge in [0.05, 0.1) is 20.3 Å². The summed E-state index contributed by atoms with van der Waals surface area (Å²) in [6.45, 7) is 1.81. The lowest BCUT2D eigenvalue weighted by atomic mass is 10.1. The molecule has 3 N–H and O–H groups in total. The Balaban J connectivity index is 1.77. The van der Waals surface area contributed by atoms with Crippen molar-refractivity contribution >= 4 is 22.4 Å². The fourth-order valence-corrected chi connectivity index (χ4v) is 3.20. The van der Waals surface area contributed by atoms with Crippen LogP contribution in [0, 0.1) is 11.3 Å². The maximum Gasteiger partial charge on any atom is 0.263 e. The van der Waals surface area contributed by atoms with Crippen LogP contribution in [0.5, 0.6) is 17.2 Å². The van der Waals surface area contributed by atoms with E-state index in [9.17, 15) is 15.2 Å². The third-order valence-corrected chi connectivity index (χ3v) is 4.89. The third-order valence-electron chi connectivity index (χ3n) is 4.89. The first-order valence-electron chi connectivity index (χ1n) is 9.58. The Labute approximate surface area is 180 Å². The normalized spacial score (nSPS) is 12.0. The van der Waals surface area contributed by atoms with Gasteiger partial charge in [0.15, 0.2) is 11.5 Å². The van der Waals surface area contributed by atoms with Gasteiger partial charge in [-0.2, -0.15) is 5.26 Å². The van der Waals surface area contributed by atoms with E-state index in [1.54, 1.807) is 56.7 Å². The topological polar surface area (TPSA) is 104 Å². The fourth-order valence-electron chi connectivity index (χ4n) is 3.20. The molecule has 31 heavy (non-hydrogen) atoms. The summed E-state index contributed by atoms with van der Waals surface area (Å²) in [6.07, 6.45) is 1.36. The van der Waals surface area contributed by atoms with Crippen molar-refractivity contribution in [1.29, 1.82) is 5.26 Å². The first-order chi connectivity index (χ1) is 15.0. The molecule has 1 unspecified atom stereocenters. The minimum Gasteiger partial charge on any atom is -0.507 e. The van der Waals surface area contributed by atoms with Crippen LogP contribution in [0.1, 0.15) is 18.5 Å². The van der Waals surface area contributed by atoms with Crippen molar-refractivity contribution in [3.63, 3.8) is 0 Å². The number of phenolic OH excluding ortho intramolecular Hbond substituents is 1. The van der Waals surface area contributed by atoms with E-state index in [4.69, 9.17) is 9.47 Å². The van der Waals surface area contributed by atoms with Crippen molar-refractivity contribution < 1.29 is 19.4 Å². The van der Waals surface area contributed by atoms with Gasteiger partial charge in [-0.15, -0.1) is 0 Å². The van der Waals surface area contributed by atoms with Gasteiger partial charge in [-0.05, 0) is 36.8 Å². The van der Waals surface area contributed by atoms with Gasteiger partial charge < -0.3 is 25.2 Å². The van der Waals surface area contributed by atoms with Crippen molar-refractivity contribution in [2.24, 2.45) is 0 Å². The van der Waals surface area contributed by atoms with Crippen molar-refractivity contribution in [3.05, 3.63) is 71.9 Å². The van der Waals surface area contributed by atoms with Gasteiger partial charge in [-0.1, -0.05) is 30.3 Å². The number of anilines is 1. The highest BCUT2D eigenvalue weighted by Gasteiger charge is 2.16. The Morgan fingerprint density at radius 1 is 1.06 bits per heavy atom. The van der Waals surface area contributed by atoms with E-state index in [0.717, 1.165) is 10.9 Å². The lowest BCUT2D eigenvalue weighted by Gasteiger charge is -2.16. The second-order valence-electron chi connectivity index (χ2n) is 6.80. The third kappa shape index (κ3) is 4.70. The van der Waals surface area contributed by atoms with Gasteiger partial charge >= 0.3 is 0 Å². The molecule has 0 fully saturated rings. The summed E-state index contributed by atoms with van der Waals surface area (Å²) in [7, 11) is 3.09. The fraction of sp³-hybridized carbons (Fsp3) is 0.167. The van der Waals surface area contributed by atoms with E-state index < -0.39 is 5.91 Å². The second-order valence-corrected chi connectivity index (χ2v) is 6.80. The highest BCUT2D eigenvalue weighted by atomic mass is 16.5. The van der Waals surface area contributed by atoms with E-state index in [2.05, 4.69) is 10.6 Å². The highest BCUT2D eigenvalue weighted by molar-refractivity contribution is 6.00. The van der Waals surface area contributed by atoms with Crippen LogP contribution in [0.3, 0.4) is 0 Å². The van der Waals surface area contributed by atoms with E-state index in [1.807, 2.05) is 25.1 Å². The second kappa shape index (κ2) is 9.55. The molecule has 0 saturated heterocycles. The molecule has 0 radical (unpaired) electrons. The lowest BCUT2D eigenvalue weighted by molar-refractivity contribution is -0.117. The number of benzene rings is 3. The Kier molecular flexibility index (Phi) is 6.63. The van der Waals surface area contributed by atoms with E-state index in [-0.39, 0.29) is 17.4 Å². The quantitative estimate of drug-likeness (QED) is 0.392. The Hall–Kier alpha value is -4.18. The summed E-state index contributed by atoms with van der Waals surface area (Å²) < 4.78 is 10.5. The zero-order valence-corrected chi connectivity index (χ0v) is 17.5. The van der Waals surface area contributed by atoms with Crippen LogP contribution >= 0.6 is 0 Å². The molecule has 158 valence electrons. The van der Waals surface area contributed by atoms with E-state index in [1.165, 1.54) is 6.20 Å². The van der Waals surface area contributed by atoms with Gasteiger partial charge in [0, 0.05) is 22.7 Å². The van der Waals surface area contributed by atoms with Crippen molar-refractivity contribution in [3.8, 4) is 23.3 Å². The van der Waals surface area contributed by atoms with E-state index >= 15 is 0 Å². The number of ether oxygens (including phenoxy) is 2. The molecule has 1 atom stereocenters. The number of nitriles is 1. The number of hydrogen-bond donors (Lipinski definition) is 3. The van der Waals surface area contributed by atoms with Gasteiger partial charge in [0.2, 0.25) is 0 Å². The number of fused-ring (bicyclic) bond motifs is 1. The number of nitrogens with one attached hydrogen (secondary N) is 2. The molecule has 0 heterocycles. The minimum absolute atomic E-state index is 0.0792. The minimum atomic E-state index is -0.514. The predicted octanol–water partition coefficient (Wildman–Crippen LogP) is 4.26. The maximum absolute atomic E-state index is 12.6. The number of carbonyl (C=O) groups is 1. The molecule has 0 bridgehead atoms. The highest BCUT2D eigenvalue weighted by Crippen LogP contribution is 2.31. The summed E-state index contributed by atoms with van der Waals surface area (Å²) in [5, 5.41) is 26.7. The van der Waals surface area contributed by atoms with Gasteiger partial charge in [0.25, 0.3) is 5.91 Å². The number of carbonyl (C=O) groups excluding carboxylic acids is 1. The molecule has 7 nitrogen and oxygen atoms in total. The molecular formula is C24H23N3O4. The van der Waals surface area contributed by atoms with Crippen molar-refractivity contribution in [2.75, 3.05) is 19.5 Å². The van der Waals surface area contributed by atoms with Crippen LogP contribution in [0.4, 0.5) is 5.69 Å².